The number of sulfonamides is 1. The number of anilines is 1. The monoisotopic (exact) mass is 350 g/mol. The zero-order valence-electron chi connectivity index (χ0n) is 14.4. The number of nitrogens with zero attached hydrogens (tertiary/aromatic N) is 1. The van der Waals surface area contributed by atoms with Crippen molar-refractivity contribution in [2.24, 2.45) is 5.92 Å². The molecule has 1 aliphatic heterocycles. The van der Waals surface area contributed by atoms with Crippen LogP contribution in [0.15, 0.2) is 18.2 Å². The first-order valence-corrected chi connectivity index (χ1v) is 10.6. The number of amides is 1. The molecule has 1 amide bonds. The van der Waals surface area contributed by atoms with E-state index < -0.39 is 10.0 Å². The average molecular weight is 350 g/mol. The molecule has 0 unspecified atom stereocenters. The van der Waals surface area contributed by atoms with Crippen LogP contribution in [0, 0.1) is 5.92 Å². The van der Waals surface area contributed by atoms with Crippen molar-refractivity contribution in [2.75, 3.05) is 17.1 Å². The zero-order valence-corrected chi connectivity index (χ0v) is 15.2. The van der Waals surface area contributed by atoms with Gasteiger partial charge >= 0.3 is 0 Å². The molecule has 0 spiro atoms. The summed E-state index contributed by atoms with van der Waals surface area (Å²) in [6.07, 6.45) is 7.23. The lowest BCUT2D eigenvalue weighted by Gasteiger charge is -2.30. The second kappa shape index (κ2) is 6.75. The van der Waals surface area contributed by atoms with Crippen LogP contribution in [0.3, 0.4) is 0 Å². The molecule has 5 nitrogen and oxygen atoms in total. The predicted octanol–water partition coefficient (Wildman–Crippen LogP) is 2.71. The van der Waals surface area contributed by atoms with Crippen LogP contribution in [0.4, 0.5) is 5.69 Å². The number of carbonyl (C=O) groups excluding carboxylic acids is 1. The standard InChI is InChI=1S/C18H26N2O3S/c1-13-5-8-16(9-6-13)19-18(21)15-7-10-17-14(12-15)4-3-11-20(17)24(2,22)23/h7,10,12-13,16H,3-6,8-9,11H2,1-2H3,(H,19,21). The Labute approximate surface area is 144 Å². The summed E-state index contributed by atoms with van der Waals surface area (Å²) in [5.74, 6) is 0.706. The molecule has 132 valence electrons. The third kappa shape index (κ3) is 3.74. The highest BCUT2D eigenvalue weighted by molar-refractivity contribution is 7.92. The van der Waals surface area contributed by atoms with Crippen molar-refractivity contribution in [1.82, 2.24) is 5.32 Å². The fraction of sp³-hybridized carbons (Fsp3) is 0.611. The number of fused-ring (bicyclic) bond motifs is 1. The van der Waals surface area contributed by atoms with Crippen LogP contribution in [0.5, 0.6) is 0 Å². The number of rotatable bonds is 3. The van der Waals surface area contributed by atoms with E-state index in [9.17, 15) is 13.2 Å². The highest BCUT2D eigenvalue weighted by Crippen LogP contribution is 2.30. The van der Waals surface area contributed by atoms with E-state index in [0.717, 1.165) is 37.2 Å². The summed E-state index contributed by atoms with van der Waals surface area (Å²) in [4.78, 5) is 12.5. The molecule has 1 aromatic carbocycles. The lowest BCUT2D eigenvalue weighted by Crippen LogP contribution is -2.38. The lowest BCUT2D eigenvalue weighted by molar-refractivity contribution is 0.0923. The van der Waals surface area contributed by atoms with Gasteiger partial charge in [0, 0.05) is 18.2 Å². The highest BCUT2D eigenvalue weighted by atomic mass is 32.2. The maximum atomic E-state index is 12.5. The molecule has 1 N–H and O–H groups in total. The lowest BCUT2D eigenvalue weighted by atomic mass is 9.87. The van der Waals surface area contributed by atoms with Crippen LogP contribution in [0.2, 0.25) is 0 Å². The van der Waals surface area contributed by atoms with E-state index in [1.807, 2.05) is 6.07 Å². The molecule has 2 aliphatic rings. The molecule has 1 saturated carbocycles. The van der Waals surface area contributed by atoms with Crippen LogP contribution in [-0.4, -0.2) is 33.2 Å². The predicted molar refractivity (Wildman–Crippen MR) is 95.8 cm³/mol. The molecule has 0 aromatic heterocycles. The van der Waals surface area contributed by atoms with Crippen LogP contribution >= 0.6 is 0 Å². The molecule has 1 fully saturated rings. The minimum atomic E-state index is -3.27. The second-order valence-corrected chi connectivity index (χ2v) is 9.12. The van der Waals surface area contributed by atoms with Gasteiger partial charge in [-0.05, 0) is 68.2 Å². The Morgan fingerprint density at radius 3 is 2.58 bits per heavy atom. The van der Waals surface area contributed by atoms with Crippen molar-refractivity contribution in [3.8, 4) is 0 Å². The summed E-state index contributed by atoms with van der Waals surface area (Å²) in [5.41, 5.74) is 2.28. The van der Waals surface area contributed by atoms with E-state index in [1.165, 1.54) is 23.4 Å². The van der Waals surface area contributed by atoms with Gasteiger partial charge in [0.25, 0.3) is 5.91 Å². The molecule has 24 heavy (non-hydrogen) atoms. The van der Waals surface area contributed by atoms with Gasteiger partial charge in [0.05, 0.1) is 11.9 Å². The third-order valence-corrected chi connectivity index (χ3v) is 6.35. The van der Waals surface area contributed by atoms with E-state index in [2.05, 4.69) is 12.2 Å². The normalized spacial score (nSPS) is 24.3. The molecular formula is C18H26N2O3S. The van der Waals surface area contributed by atoms with Gasteiger partial charge in [-0.1, -0.05) is 6.92 Å². The Hall–Kier alpha value is -1.56. The van der Waals surface area contributed by atoms with Crippen molar-refractivity contribution < 1.29 is 13.2 Å². The zero-order chi connectivity index (χ0) is 17.3. The highest BCUT2D eigenvalue weighted by Gasteiger charge is 2.25. The van der Waals surface area contributed by atoms with Gasteiger partial charge in [0.2, 0.25) is 10.0 Å². The number of benzene rings is 1. The first kappa shape index (κ1) is 17.3. The maximum absolute atomic E-state index is 12.5. The van der Waals surface area contributed by atoms with Crippen molar-refractivity contribution in [3.63, 3.8) is 0 Å². The van der Waals surface area contributed by atoms with Gasteiger partial charge < -0.3 is 5.32 Å². The van der Waals surface area contributed by atoms with E-state index in [0.29, 0.717) is 17.8 Å². The Morgan fingerprint density at radius 1 is 1.21 bits per heavy atom. The maximum Gasteiger partial charge on any atom is 0.251 e. The summed E-state index contributed by atoms with van der Waals surface area (Å²) >= 11 is 0. The van der Waals surface area contributed by atoms with E-state index in [4.69, 9.17) is 0 Å². The molecule has 6 heteroatoms. The topological polar surface area (TPSA) is 66.5 Å². The summed E-state index contributed by atoms with van der Waals surface area (Å²) in [7, 11) is -3.27. The van der Waals surface area contributed by atoms with E-state index in [-0.39, 0.29) is 11.9 Å². The fourth-order valence-electron chi connectivity index (χ4n) is 3.72. The first-order valence-electron chi connectivity index (χ1n) is 8.76. The third-order valence-electron chi connectivity index (χ3n) is 5.17. The quantitative estimate of drug-likeness (QED) is 0.911. The van der Waals surface area contributed by atoms with E-state index >= 15 is 0 Å². The fourth-order valence-corrected chi connectivity index (χ4v) is 4.72. The number of carbonyl (C=O) groups is 1. The van der Waals surface area contributed by atoms with Gasteiger partial charge in [-0.2, -0.15) is 0 Å². The molecule has 0 bridgehead atoms. The Morgan fingerprint density at radius 2 is 1.92 bits per heavy atom. The molecule has 3 rings (SSSR count). The van der Waals surface area contributed by atoms with Gasteiger partial charge in [0.15, 0.2) is 0 Å². The Kier molecular flexibility index (Phi) is 4.85. The van der Waals surface area contributed by atoms with Crippen LogP contribution < -0.4 is 9.62 Å². The summed E-state index contributed by atoms with van der Waals surface area (Å²) < 4.78 is 25.2. The van der Waals surface area contributed by atoms with Gasteiger partial charge in [-0.15, -0.1) is 0 Å². The number of aryl methyl sites for hydroxylation is 1. The van der Waals surface area contributed by atoms with Crippen LogP contribution in [0.1, 0.15) is 54.9 Å². The van der Waals surface area contributed by atoms with Crippen molar-refractivity contribution >= 4 is 21.6 Å². The van der Waals surface area contributed by atoms with Crippen molar-refractivity contribution in [3.05, 3.63) is 29.3 Å². The average Bonchev–Trinajstić information content (AvgIpc) is 2.55. The Bertz CT molecular complexity index is 722. The molecule has 0 radical (unpaired) electrons. The van der Waals surface area contributed by atoms with Gasteiger partial charge in [-0.25, -0.2) is 8.42 Å². The van der Waals surface area contributed by atoms with Crippen LogP contribution in [-0.2, 0) is 16.4 Å². The van der Waals surface area contributed by atoms with Crippen molar-refractivity contribution in [2.45, 2.75) is 51.5 Å². The van der Waals surface area contributed by atoms with E-state index in [1.54, 1.807) is 12.1 Å². The van der Waals surface area contributed by atoms with Gasteiger partial charge in [-0.3, -0.25) is 9.10 Å². The molecule has 1 aliphatic carbocycles. The largest absolute Gasteiger partial charge is 0.349 e. The molecular weight excluding hydrogens is 324 g/mol. The number of nitrogens with one attached hydrogen (secondary N) is 1. The molecule has 0 atom stereocenters. The summed E-state index contributed by atoms with van der Waals surface area (Å²) in [6, 6.07) is 5.63. The smallest absolute Gasteiger partial charge is 0.251 e. The van der Waals surface area contributed by atoms with Crippen molar-refractivity contribution in [1.29, 1.82) is 0 Å². The summed E-state index contributed by atoms with van der Waals surface area (Å²) in [6.45, 7) is 2.77. The minimum absolute atomic E-state index is 0.0474. The minimum Gasteiger partial charge on any atom is -0.349 e. The number of hydrogen-bond donors (Lipinski definition) is 1. The molecule has 1 heterocycles. The SMILES string of the molecule is CC1CCC(NC(=O)c2ccc3c(c2)CCCN3S(C)(=O)=O)CC1. The summed E-state index contributed by atoms with van der Waals surface area (Å²) in [5, 5.41) is 3.13. The Balaban J connectivity index is 1.75. The van der Waals surface area contributed by atoms with Gasteiger partial charge in [0.1, 0.15) is 0 Å². The number of hydrogen-bond acceptors (Lipinski definition) is 3. The molecule has 1 aromatic rings. The first-order chi connectivity index (χ1) is 11.3. The molecule has 0 saturated heterocycles. The van der Waals surface area contributed by atoms with Crippen LogP contribution in [0.25, 0.3) is 0 Å². The second-order valence-electron chi connectivity index (χ2n) is 7.21.